The van der Waals surface area contributed by atoms with E-state index in [-0.39, 0.29) is 6.04 Å². The first kappa shape index (κ1) is 16.2. The smallest absolute Gasteiger partial charge is 0.211 e. The highest BCUT2D eigenvalue weighted by molar-refractivity contribution is 7.88. The Morgan fingerprint density at radius 1 is 1.19 bits per heavy atom. The van der Waals surface area contributed by atoms with Gasteiger partial charge in [0.1, 0.15) is 0 Å². The SMILES string of the molecule is CC(NC(=S)N1CCN(S(C)(=O)=O)CC1)c1ccccc1. The van der Waals surface area contributed by atoms with Crippen molar-refractivity contribution in [2.24, 2.45) is 0 Å². The second-order valence-electron chi connectivity index (χ2n) is 5.23. The van der Waals surface area contributed by atoms with Gasteiger partial charge in [-0.25, -0.2) is 8.42 Å². The molecule has 0 bridgehead atoms. The molecule has 1 saturated heterocycles. The van der Waals surface area contributed by atoms with Crippen LogP contribution in [-0.2, 0) is 10.0 Å². The molecule has 2 rings (SSSR count). The number of nitrogens with one attached hydrogen (secondary N) is 1. The number of hydrogen-bond acceptors (Lipinski definition) is 3. The van der Waals surface area contributed by atoms with Gasteiger partial charge in [0.05, 0.1) is 12.3 Å². The lowest BCUT2D eigenvalue weighted by atomic mass is 10.1. The summed E-state index contributed by atoms with van der Waals surface area (Å²) in [5, 5.41) is 3.99. The van der Waals surface area contributed by atoms with E-state index in [2.05, 4.69) is 24.4 Å². The molecule has 0 amide bonds. The summed E-state index contributed by atoms with van der Waals surface area (Å²) in [6, 6.07) is 10.2. The Hall–Kier alpha value is -1.18. The van der Waals surface area contributed by atoms with E-state index in [9.17, 15) is 8.42 Å². The van der Waals surface area contributed by atoms with Gasteiger partial charge in [0.15, 0.2) is 5.11 Å². The van der Waals surface area contributed by atoms with Crippen LogP contribution in [-0.4, -0.2) is 55.2 Å². The van der Waals surface area contributed by atoms with E-state index in [0.29, 0.717) is 31.3 Å². The fraction of sp³-hybridized carbons (Fsp3) is 0.500. The summed E-state index contributed by atoms with van der Waals surface area (Å²) >= 11 is 5.43. The van der Waals surface area contributed by atoms with Gasteiger partial charge in [-0.3, -0.25) is 0 Å². The highest BCUT2D eigenvalue weighted by Gasteiger charge is 2.24. The maximum absolute atomic E-state index is 11.5. The third kappa shape index (κ3) is 4.39. The minimum absolute atomic E-state index is 0.131. The van der Waals surface area contributed by atoms with E-state index in [1.54, 1.807) is 0 Å². The molecule has 1 heterocycles. The predicted molar refractivity (Wildman–Crippen MR) is 88.6 cm³/mol. The largest absolute Gasteiger partial charge is 0.356 e. The zero-order valence-electron chi connectivity index (χ0n) is 12.3. The molecule has 1 aliphatic rings. The first-order chi connectivity index (χ1) is 9.88. The fourth-order valence-electron chi connectivity index (χ4n) is 2.32. The van der Waals surface area contributed by atoms with Gasteiger partial charge >= 0.3 is 0 Å². The van der Waals surface area contributed by atoms with Crippen molar-refractivity contribution in [3.63, 3.8) is 0 Å². The number of sulfonamides is 1. The topological polar surface area (TPSA) is 52.6 Å². The van der Waals surface area contributed by atoms with Gasteiger partial charge in [-0.15, -0.1) is 0 Å². The zero-order valence-corrected chi connectivity index (χ0v) is 14.0. The van der Waals surface area contributed by atoms with Crippen LogP contribution in [0.5, 0.6) is 0 Å². The average Bonchev–Trinajstić information content (AvgIpc) is 2.47. The summed E-state index contributed by atoms with van der Waals surface area (Å²) in [6.07, 6.45) is 1.25. The maximum Gasteiger partial charge on any atom is 0.211 e. The van der Waals surface area contributed by atoms with E-state index in [1.165, 1.54) is 16.1 Å². The van der Waals surface area contributed by atoms with Crippen LogP contribution >= 0.6 is 12.2 Å². The van der Waals surface area contributed by atoms with Crippen molar-refractivity contribution in [3.8, 4) is 0 Å². The van der Waals surface area contributed by atoms with Crippen molar-refractivity contribution in [2.75, 3.05) is 32.4 Å². The number of hydrogen-bond donors (Lipinski definition) is 1. The van der Waals surface area contributed by atoms with Crippen LogP contribution < -0.4 is 5.32 Å². The van der Waals surface area contributed by atoms with Crippen molar-refractivity contribution in [1.29, 1.82) is 0 Å². The molecule has 1 fully saturated rings. The highest BCUT2D eigenvalue weighted by Crippen LogP contribution is 2.13. The van der Waals surface area contributed by atoms with Crippen molar-refractivity contribution < 1.29 is 8.42 Å². The van der Waals surface area contributed by atoms with Crippen LogP contribution in [0.2, 0.25) is 0 Å². The number of piperazine rings is 1. The Labute approximate surface area is 132 Å². The van der Waals surface area contributed by atoms with E-state index < -0.39 is 10.0 Å². The summed E-state index contributed by atoms with van der Waals surface area (Å²) in [5.41, 5.74) is 1.18. The molecule has 0 radical (unpaired) electrons. The third-order valence-corrected chi connectivity index (χ3v) is 5.31. The minimum atomic E-state index is -3.10. The van der Waals surface area contributed by atoms with E-state index in [4.69, 9.17) is 12.2 Å². The Balaban J connectivity index is 1.88. The Kier molecular flexibility index (Phi) is 5.18. The Morgan fingerprint density at radius 2 is 1.76 bits per heavy atom. The summed E-state index contributed by atoms with van der Waals surface area (Å²) in [5.74, 6) is 0. The molecule has 21 heavy (non-hydrogen) atoms. The quantitative estimate of drug-likeness (QED) is 0.846. The second-order valence-corrected chi connectivity index (χ2v) is 7.60. The van der Waals surface area contributed by atoms with Gasteiger partial charge in [-0.05, 0) is 24.7 Å². The molecule has 7 heteroatoms. The van der Waals surface area contributed by atoms with Crippen LogP contribution in [0.25, 0.3) is 0 Å². The average molecular weight is 327 g/mol. The van der Waals surface area contributed by atoms with Gasteiger partial charge in [0.25, 0.3) is 0 Å². The summed E-state index contributed by atoms with van der Waals surface area (Å²) in [7, 11) is -3.10. The maximum atomic E-state index is 11.5. The molecule has 1 aromatic rings. The zero-order chi connectivity index (χ0) is 15.5. The van der Waals surface area contributed by atoms with Crippen molar-refractivity contribution in [3.05, 3.63) is 35.9 Å². The van der Waals surface area contributed by atoms with Gasteiger partial charge in [-0.2, -0.15) is 4.31 Å². The molecule has 1 N–H and O–H groups in total. The molecule has 1 atom stereocenters. The lowest BCUT2D eigenvalue weighted by Gasteiger charge is -2.35. The van der Waals surface area contributed by atoms with Crippen LogP contribution in [0.3, 0.4) is 0 Å². The van der Waals surface area contributed by atoms with E-state index in [1.807, 2.05) is 23.1 Å². The molecular weight excluding hydrogens is 306 g/mol. The number of thiocarbonyl (C=S) groups is 1. The normalized spacial score (nSPS) is 18.3. The molecule has 1 unspecified atom stereocenters. The van der Waals surface area contributed by atoms with Crippen LogP contribution in [0.1, 0.15) is 18.5 Å². The first-order valence-electron chi connectivity index (χ1n) is 6.93. The van der Waals surface area contributed by atoms with E-state index >= 15 is 0 Å². The van der Waals surface area contributed by atoms with Crippen molar-refractivity contribution >= 4 is 27.4 Å². The highest BCUT2D eigenvalue weighted by atomic mass is 32.2. The fourth-order valence-corrected chi connectivity index (χ4v) is 3.51. The summed E-state index contributed by atoms with van der Waals surface area (Å²) < 4.78 is 24.5. The van der Waals surface area contributed by atoms with Crippen molar-refractivity contribution in [1.82, 2.24) is 14.5 Å². The predicted octanol–water partition coefficient (Wildman–Crippen LogP) is 1.20. The van der Waals surface area contributed by atoms with Crippen LogP contribution in [0, 0.1) is 0 Å². The molecular formula is C14H21N3O2S2. The lowest BCUT2D eigenvalue weighted by Crippen LogP contribution is -2.53. The molecule has 116 valence electrons. The monoisotopic (exact) mass is 327 g/mol. The first-order valence-corrected chi connectivity index (χ1v) is 9.19. The molecule has 0 aliphatic carbocycles. The second kappa shape index (κ2) is 6.72. The number of rotatable bonds is 3. The van der Waals surface area contributed by atoms with Gasteiger partial charge in [0.2, 0.25) is 10.0 Å². The third-order valence-electron chi connectivity index (χ3n) is 3.63. The minimum Gasteiger partial charge on any atom is -0.356 e. The summed E-state index contributed by atoms with van der Waals surface area (Å²) in [4.78, 5) is 2.02. The molecule has 0 aromatic heterocycles. The number of benzene rings is 1. The van der Waals surface area contributed by atoms with Crippen molar-refractivity contribution in [2.45, 2.75) is 13.0 Å². The van der Waals surface area contributed by atoms with Gasteiger partial charge < -0.3 is 10.2 Å². The molecule has 5 nitrogen and oxygen atoms in total. The van der Waals surface area contributed by atoms with Gasteiger partial charge in [0, 0.05) is 26.2 Å². The molecule has 1 aromatic carbocycles. The molecule has 0 saturated carbocycles. The van der Waals surface area contributed by atoms with Gasteiger partial charge in [-0.1, -0.05) is 30.3 Å². The lowest BCUT2D eigenvalue weighted by molar-refractivity contribution is 0.264. The number of nitrogens with zero attached hydrogens (tertiary/aromatic N) is 2. The molecule has 1 aliphatic heterocycles. The van der Waals surface area contributed by atoms with E-state index in [0.717, 1.165) is 0 Å². The van der Waals surface area contributed by atoms with Crippen LogP contribution in [0.4, 0.5) is 0 Å². The summed E-state index contributed by atoms with van der Waals surface area (Å²) in [6.45, 7) is 4.29. The Bertz CT molecular complexity index is 581. The standard InChI is InChI=1S/C14H21N3O2S2/c1-12(13-6-4-3-5-7-13)15-14(20)16-8-10-17(11-9-16)21(2,18)19/h3-7,12H,8-11H2,1-2H3,(H,15,20). The van der Waals surface area contributed by atoms with Crippen LogP contribution in [0.15, 0.2) is 30.3 Å². The Morgan fingerprint density at radius 3 is 2.29 bits per heavy atom. The molecule has 0 spiro atoms.